The van der Waals surface area contributed by atoms with Crippen LogP contribution in [0, 0.1) is 0 Å². The average Bonchev–Trinajstić information content (AvgIpc) is 3.88. The lowest BCUT2D eigenvalue weighted by Crippen LogP contribution is -2.15. The lowest BCUT2D eigenvalue weighted by molar-refractivity contribution is 0.661. The van der Waals surface area contributed by atoms with Crippen LogP contribution >= 0.6 is 11.3 Å². The second kappa shape index (κ2) is 11.2. The third kappa shape index (κ3) is 4.08. The monoisotopic (exact) mass is 741 g/mol. The number of fused-ring (bicyclic) bond motifs is 19. The van der Waals surface area contributed by atoms with Crippen molar-refractivity contribution in [1.29, 1.82) is 0 Å². The van der Waals surface area contributed by atoms with E-state index in [1.807, 2.05) is 11.3 Å². The van der Waals surface area contributed by atoms with E-state index in [0.29, 0.717) is 0 Å². The first-order valence-electron chi connectivity index (χ1n) is 19.9. The van der Waals surface area contributed by atoms with Crippen molar-refractivity contribution >= 4 is 96.4 Å². The summed E-state index contributed by atoms with van der Waals surface area (Å²) in [6.07, 6.45) is 0. The molecule has 0 saturated heterocycles. The number of nitrogens with zero attached hydrogens (tertiary/aromatic N) is 1. The summed E-state index contributed by atoms with van der Waals surface area (Å²) in [5.41, 5.74) is 11.6. The van der Waals surface area contributed by atoms with Gasteiger partial charge in [0, 0.05) is 52.8 Å². The molecule has 0 bridgehead atoms. The standard InChI is InChI=1S/C55H35NS/c1-55(2)46-29-32(34-24-14-25-43-38-19-12-13-26-49(38)57-54(34)43)27-28-37(46)44-30-45-48(31-47(44)55)56(33-15-4-3-5-16-33)53-51(45)42-23-11-10-22-41(42)50-39-20-8-6-17-35(39)36-18-7-9-21-40(36)52(50)53/h3-31H,1-2H3. The number of aromatic nitrogens is 1. The van der Waals surface area contributed by atoms with Crippen LogP contribution in [0.25, 0.3) is 113 Å². The summed E-state index contributed by atoms with van der Waals surface area (Å²) in [6.45, 7) is 4.85. The topological polar surface area (TPSA) is 4.93 Å². The minimum Gasteiger partial charge on any atom is -0.309 e. The first-order chi connectivity index (χ1) is 28.1. The van der Waals surface area contributed by atoms with Crippen molar-refractivity contribution in [2.24, 2.45) is 0 Å². The Bertz CT molecular complexity index is 3710. The number of hydrogen-bond acceptors (Lipinski definition) is 1. The Kier molecular flexibility index (Phi) is 6.18. The van der Waals surface area contributed by atoms with E-state index >= 15 is 0 Å². The van der Waals surface area contributed by atoms with Gasteiger partial charge in [-0.3, -0.25) is 0 Å². The van der Waals surface area contributed by atoms with E-state index in [2.05, 4.69) is 194 Å². The molecule has 0 unspecified atom stereocenters. The fourth-order valence-corrected chi connectivity index (χ4v) is 11.8. The van der Waals surface area contributed by atoms with Gasteiger partial charge in [0.2, 0.25) is 0 Å². The Morgan fingerprint density at radius 3 is 1.72 bits per heavy atom. The van der Waals surface area contributed by atoms with E-state index in [1.54, 1.807) is 0 Å². The number of rotatable bonds is 2. The molecule has 0 aliphatic heterocycles. The average molecular weight is 742 g/mol. The number of thiophene rings is 1. The molecule has 0 saturated carbocycles. The molecule has 1 aliphatic carbocycles. The van der Waals surface area contributed by atoms with Crippen molar-refractivity contribution in [2.45, 2.75) is 19.3 Å². The Labute approximate surface area is 333 Å². The molecule has 0 amide bonds. The Morgan fingerprint density at radius 1 is 0.404 bits per heavy atom. The van der Waals surface area contributed by atoms with E-state index in [4.69, 9.17) is 0 Å². The van der Waals surface area contributed by atoms with Gasteiger partial charge in [0.05, 0.1) is 11.0 Å². The zero-order chi connectivity index (χ0) is 37.6. The molecule has 0 fully saturated rings. The summed E-state index contributed by atoms with van der Waals surface area (Å²) in [7, 11) is 0. The molecule has 1 aliphatic rings. The van der Waals surface area contributed by atoms with Crippen LogP contribution in [0.2, 0.25) is 0 Å². The summed E-state index contributed by atoms with van der Waals surface area (Å²) in [5.74, 6) is 0. The first kappa shape index (κ1) is 31.5. The third-order valence-corrected chi connectivity index (χ3v) is 14.3. The number of hydrogen-bond donors (Lipinski definition) is 0. The highest BCUT2D eigenvalue weighted by molar-refractivity contribution is 7.26. The van der Waals surface area contributed by atoms with Gasteiger partial charge in [-0.1, -0.05) is 153 Å². The largest absolute Gasteiger partial charge is 0.309 e. The van der Waals surface area contributed by atoms with Gasteiger partial charge in [0.15, 0.2) is 0 Å². The Morgan fingerprint density at radius 2 is 0.982 bits per heavy atom. The molecule has 2 heterocycles. The van der Waals surface area contributed by atoms with Crippen LogP contribution in [0.4, 0.5) is 0 Å². The van der Waals surface area contributed by atoms with Crippen LogP contribution in [-0.2, 0) is 5.41 Å². The maximum absolute atomic E-state index is 2.58. The molecular formula is C55H35NS. The van der Waals surface area contributed by atoms with Gasteiger partial charge in [-0.2, -0.15) is 0 Å². The summed E-state index contributed by atoms with van der Waals surface area (Å²) in [4.78, 5) is 0. The van der Waals surface area contributed by atoms with Crippen molar-refractivity contribution in [1.82, 2.24) is 4.57 Å². The lowest BCUT2D eigenvalue weighted by atomic mass is 9.81. The third-order valence-electron chi connectivity index (χ3n) is 13.1. The Balaban J connectivity index is 1.16. The summed E-state index contributed by atoms with van der Waals surface area (Å²) in [5, 5.41) is 15.7. The maximum atomic E-state index is 2.58. The minimum absolute atomic E-state index is 0.200. The smallest absolute Gasteiger partial charge is 0.0632 e. The van der Waals surface area contributed by atoms with Crippen LogP contribution in [0.1, 0.15) is 25.0 Å². The van der Waals surface area contributed by atoms with E-state index in [0.717, 1.165) is 0 Å². The highest BCUT2D eigenvalue weighted by Crippen LogP contribution is 2.54. The van der Waals surface area contributed by atoms with Crippen molar-refractivity contribution in [3.8, 4) is 27.9 Å². The molecule has 0 N–H and O–H groups in total. The summed E-state index contributed by atoms with van der Waals surface area (Å²) < 4.78 is 5.28. The predicted octanol–water partition coefficient (Wildman–Crippen LogP) is 15.7. The predicted molar refractivity (Wildman–Crippen MR) is 247 cm³/mol. The normalized spacial score (nSPS) is 13.6. The molecule has 57 heavy (non-hydrogen) atoms. The molecule has 266 valence electrons. The van der Waals surface area contributed by atoms with Crippen molar-refractivity contribution in [2.75, 3.05) is 0 Å². The quantitative estimate of drug-likeness (QED) is 0.156. The van der Waals surface area contributed by atoms with Gasteiger partial charge < -0.3 is 4.57 Å². The number of para-hydroxylation sites is 1. The summed E-state index contributed by atoms with van der Waals surface area (Å²) in [6, 6.07) is 66.1. The zero-order valence-corrected chi connectivity index (χ0v) is 32.4. The molecule has 0 atom stereocenters. The molecule has 13 rings (SSSR count). The van der Waals surface area contributed by atoms with Crippen molar-refractivity contribution in [3.63, 3.8) is 0 Å². The second-order valence-electron chi connectivity index (χ2n) is 16.4. The van der Waals surface area contributed by atoms with E-state index in [1.165, 1.54) is 124 Å². The molecule has 0 spiro atoms. The van der Waals surface area contributed by atoms with Gasteiger partial charge in [-0.05, 0) is 102 Å². The first-order valence-corrected chi connectivity index (χ1v) is 20.8. The second-order valence-corrected chi connectivity index (χ2v) is 17.4. The molecule has 1 nitrogen and oxygen atoms in total. The minimum atomic E-state index is -0.200. The van der Waals surface area contributed by atoms with Gasteiger partial charge in [-0.15, -0.1) is 11.3 Å². The molecular weight excluding hydrogens is 707 g/mol. The van der Waals surface area contributed by atoms with E-state index in [9.17, 15) is 0 Å². The van der Waals surface area contributed by atoms with Gasteiger partial charge in [-0.25, -0.2) is 0 Å². The fraction of sp³-hybridized carbons (Fsp3) is 0.0545. The molecule has 0 radical (unpaired) electrons. The fourth-order valence-electron chi connectivity index (χ4n) is 10.6. The highest BCUT2D eigenvalue weighted by atomic mass is 32.1. The zero-order valence-electron chi connectivity index (χ0n) is 31.6. The van der Waals surface area contributed by atoms with Crippen LogP contribution in [0.5, 0.6) is 0 Å². The van der Waals surface area contributed by atoms with Gasteiger partial charge in [0.1, 0.15) is 0 Å². The van der Waals surface area contributed by atoms with Crippen LogP contribution < -0.4 is 0 Å². The Hall–Kier alpha value is -6.74. The van der Waals surface area contributed by atoms with Crippen LogP contribution in [0.3, 0.4) is 0 Å². The van der Waals surface area contributed by atoms with Gasteiger partial charge in [0.25, 0.3) is 0 Å². The van der Waals surface area contributed by atoms with Crippen LogP contribution in [0.15, 0.2) is 176 Å². The molecule has 12 aromatic rings. The molecule has 10 aromatic carbocycles. The summed E-state index contributed by atoms with van der Waals surface area (Å²) >= 11 is 1.91. The van der Waals surface area contributed by atoms with Crippen LogP contribution in [-0.4, -0.2) is 4.57 Å². The number of benzene rings is 10. The molecule has 2 aromatic heterocycles. The van der Waals surface area contributed by atoms with Gasteiger partial charge >= 0.3 is 0 Å². The van der Waals surface area contributed by atoms with E-state index < -0.39 is 0 Å². The van der Waals surface area contributed by atoms with Crippen molar-refractivity contribution in [3.05, 3.63) is 187 Å². The maximum Gasteiger partial charge on any atom is 0.0632 e. The van der Waals surface area contributed by atoms with E-state index in [-0.39, 0.29) is 5.41 Å². The molecule has 2 heteroatoms. The highest BCUT2D eigenvalue weighted by Gasteiger charge is 2.37. The lowest BCUT2D eigenvalue weighted by Gasteiger charge is -2.22. The van der Waals surface area contributed by atoms with Crippen molar-refractivity contribution < 1.29 is 0 Å². The SMILES string of the molecule is CC1(C)c2cc(-c3cccc4c3sc3ccccc34)ccc2-c2cc3c4c5ccccc5c5c6ccccc6c6ccccc6c5c4n(-c4ccccc4)c3cc21.